The third-order valence-electron chi connectivity index (χ3n) is 7.49. The third kappa shape index (κ3) is 5.56. The van der Waals surface area contributed by atoms with Crippen LogP contribution in [0.2, 0.25) is 5.02 Å². The molecule has 0 aromatic heterocycles. The average molecular weight is 521 g/mol. The van der Waals surface area contributed by atoms with E-state index in [1.165, 1.54) is 29.1 Å². The van der Waals surface area contributed by atoms with Gasteiger partial charge in [-0.2, -0.15) is 0 Å². The van der Waals surface area contributed by atoms with Gasteiger partial charge in [-0.1, -0.05) is 55.8 Å². The van der Waals surface area contributed by atoms with Crippen LogP contribution in [-0.2, 0) is 0 Å². The van der Waals surface area contributed by atoms with Crippen LogP contribution in [0.25, 0.3) is 11.1 Å². The van der Waals surface area contributed by atoms with Gasteiger partial charge in [-0.05, 0) is 99.8 Å². The number of benzene rings is 3. The summed E-state index contributed by atoms with van der Waals surface area (Å²) >= 11 is 8.10. The molecule has 0 radical (unpaired) electrons. The lowest BCUT2D eigenvalue weighted by Crippen LogP contribution is -2.36. The summed E-state index contributed by atoms with van der Waals surface area (Å²) in [5.74, 6) is 1.59. The number of rotatable bonds is 6. The van der Waals surface area contributed by atoms with Gasteiger partial charge in [-0.3, -0.25) is 0 Å². The molecule has 3 aromatic carbocycles. The number of nitrogens with zero attached hydrogens (tertiary/aromatic N) is 2. The Labute approximate surface area is 225 Å². The van der Waals surface area contributed by atoms with Gasteiger partial charge < -0.3 is 9.64 Å². The topological polar surface area (TPSA) is 15.7 Å². The number of anilines is 2. The molecule has 190 valence electrons. The number of hydrogen-bond acceptors (Lipinski definition) is 4. The van der Waals surface area contributed by atoms with Crippen LogP contribution in [0.4, 0.5) is 11.4 Å². The van der Waals surface area contributed by atoms with Gasteiger partial charge in [-0.25, -0.2) is 4.31 Å². The van der Waals surface area contributed by atoms with Gasteiger partial charge in [-0.15, -0.1) is 0 Å². The monoisotopic (exact) mass is 520 g/mol. The van der Waals surface area contributed by atoms with E-state index in [9.17, 15) is 0 Å². The number of likely N-dealkylation sites (N-methyl/N-ethyl adjacent to an activating group) is 1. The van der Waals surface area contributed by atoms with Crippen molar-refractivity contribution in [1.29, 1.82) is 0 Å². The Morgan fingerprint density at radius 1 is 1.03 bits per heavy atom. The zero-order valence-corrected chi connectivity index (χ0v) is 23.4. The van der Waals surface area contributed by atoms with Crippen molar-refractivity contribution in [1.82, 2.24) is 4.31 Å². The molecule has 0 spiro atoms. The highest BCUT2D eigenvalue weighted by Crippen LogP contribution is 2.48. The molecule has 0 bridgehead atoms. The lowest BCUT2D eigenvalue weighted by atomic mass is 10.0. The maximum Gasteiger partial charge on any atom is 0.130 e. The van der Waals surface area contributed by atoms with Crippen molar-refractivity contribution in [2.45, 2.75) is 69.4 Å². The van der Waals surface area contributed by atoms with E-state index < -0.39 is 0 Å². The first-order valence-electron chi connectivity index (χ1n) is 13.2. The Kier molecular flexibility index (Phi) is 7.57. The number of ether oxygens (including phenoxy) is 1. The molecular formula is C31H37ClN2OS. The van der Waals surface area contributed by atoms with E-state index in [0.717, 1.165) is 47.7 Å². The molecule has 1 aliphatic carbocycles. The largest absolute Gasteiger partial charge is 0.487 e. The third-order valence-corrected chi connectivity index (χ3v) is 8.85. The molecule has 0 N–H and O–H groups in total. The Bertz CT molecular complexity index is 1180. The van der Waals surface area contributed by atoms with Gasteiger partial charge in [0.05, 0.1) is 5.69 Å². The van der Waals surface area contributed by atoms with Crippen molar-refractivity contribution in [2.75, 3.05) is 18.5 Å². The minimum atomic E-state index is -0.123. The summed E-state index contributed by atoms with van der Waals surface area (Å²) in [4.78, 5) is 3.75. The van der Waals surface area contributed by atoms with E-state index in [2.05, 4.69) is 91.6 Å². The maximum atomic E-state index is 6.91. The zero-order chi connectivity index (χ0) is 25.3. The number of halogens is 1. The summed E-state index contributed by atoms with van der Waals surface area (Å²) in [5.41, 5.74) is 4.59. The minimum Gasteiger partial charge on any atom is -0.487 e. The Morgan fingerprint density at radius 2 is 1.72 bits per heavy atom. The second kappa shape index (κ2) is 10.7. The highest BCUT2D eigenvalue weighted by Gasteiger charge is 2.34. The number of hydrogen-bond donors (Lipinski definition) is 0. The minimum absolute atomic E-state index is 0.123. The smallest absolute Gasteiger partial charge is 0.130 e. The van der Waals surface area contributed by atoms with E-state index >= 15 is 0 Å². The first kappa shape index (κ1) is 25.5. The van der Waals surface area contributed by atoms with Crippen molar-refractivity contribution < 1.29 is 4.74 Å². The van der Waals surface area contributed by atoms with Crippen molar-refractivity contribution in [3.8, 4) is 16.9 Å². The second-order valence-corrected chi connectivity index (χ2v) is 12.6. The first-order chi connectivity index (χ1) is 17.3. The van der Waals surface area contributed by atoms with Crippen LogP contribution in [0.1, 0.15) is 52.9 Å². The van der Waals surface area contributed by atoms with Crippen LogP contribution < -0.4 is 9.64 Å². The molecule has 0 unspecified atom stereocenters. The zero-order valence-electron chi connectivity index (χ0n) is 21.8. The predicted octanol–water partition coefficient (Wildman–Crippen LogP) is 9.22. The van der Waals surface area contributed by atoms with E-state index in [1.807, 2.05) is 24.1 Å². The first-order valence-corrected chi connectivity index (χ1v) is 14.3. The molecule has 2 aliphatic rings. The predicted molar refractivity (Wildman–Crippen MR) is 155 cm³/mol. The van der Waals surface area contributed by atoms with Gasteiger partial charge in [0.15, 0.2) is 0 Å². The SMILES string of the molecule is CC(C)C[C@@H]1CN(c2ccccc2)c2cc(OC3(C)CCCC3)c(-c3ccc(Cl)cc3)cc2SN1C. The maximum absolute atomic E-state index is 6.91. The van der Waals surface area contributed by atoms with Gasteiger partial charge in [0.2, 0.25) is 0 Å². The molecule has 5 heteroatoms. The van der Waals surface area contributed by atoms with E-state index in [0.29, 0.717) is 12.0 Å². The fourth-order valence-corrected chi connectivity index (χ4v) is 6.71. The number of para-hydroxylation sites is 1. The van der Waals surface area contributed by atoms with Gasteiger partial charge >= 0.3 is 0 Å². The average Bonchev–Trinajstić information content (AvgIpc) is 3.24. The molecule has 0 amide bonds. The van der Waals surface area contributed by atoms with Gasteiger partial charge in [0.25, 0.3) is 0 Å². The lowest BCUT2D eigenvalue weighted by molar-refractivity contribution is 0.0975. The quantitative estimate of drug-likeness (QED) is 0.301. The van der Waals surface area contributed by atoms with Crippen molar-refractivity contribution in [3.05, 3.63) is 71.8 Å². The van der Waals surface area contributed by atoms with Crippen LogP contribution in [-0.4, -0.2) is 29.5 Å². The van der Waals surface area contributed by atoms with Crippen molar-refractivity contribution >= 4 is 34.9 Å². The Morgan fingerprint density at radius 3 is 2.39 bits per heavy atom. The molecule has 1 saturated carbocycles. The van der Waals surface area contributed by atoms with E-state index in [4.69, 9.17) is 16.3 Å². The Hall–Kier alpha value is -2.14. The molecule has 5 rings (SSSR count). The van der Waals surface area contributed by atoms with Crippen LogP contribution in [0, 0.1) is 5.92 Å². The molecule has 1 aliphatic heterocycles. The lowest BCUT2D eigenvalue weighted by Gasteiger charge is -2.32. The molecule has 3 nitrogen and oxygen atoms in total. The van der Waals surface area contributed by atoms with Crippen molar-refractivity contribution in [2.24, 2.45) is 5.92 Å². The molecule has 1 atom stereocenters. The Balaban J connectivity index is 1.66. The molecule has 36 heavy (non-hydrogen) atoms. The van der Waals surface area contributed by atoms with Crippen LogP contribution >= 0.6 is 23.5 Å². The van der Waals surface area contributed by atoms with Crippen LogP contribution in [0.15, 0.2) is 71.6 Å². The second-order valence-electron chi connectivity index (χ2n) is 10.9. The fourth-order valence-electron chi connectivity index (χ4n) is 5.54. The summed E-state index contributed by atoms with van der Waals surface area (Å²) < 4.78 is 9.36. The molecule has 3 aromatic rings. The molecular weight excluding hydrogens is 484 g/mol. The summed E-state index contributed by atoms with van der Waals surface area (Å²) in [6, 6.07) is 24.0. The van der Waals surface area contributed by atoms with Gasteiger partial charge in [0.1, 0.15) is 11.4 Å². The number of fused-ring (bicyclic) bond motifs is 1. The molecule has 1 heterocycles. The van der Waals surface area contributed by atoms with Crippen LogP contribution in [0.3, 0.4) is 0 Å². The summed E-state index contributed by atoms with van der Waals surface area (Å²) in [6.07, 6.45) is 5.80. The van der Waals surface area contributed by atoms with Crippen molar-refractivity contribution in [3.63, 3.8) is 0 Å². The highest BCUT2D eigenvalue weighted by atomic mass is 35.5. The summed E-state index contributed by atoms with van der Waals surface area (Å²) in [6.45, 7) is 7.84. The van der Waals surface area contributed by atoms with Gasteiger partial charge in [0, 0.05) is 39.8 Å². The highest BCUT2D eigenvalue weighted by molar-refractivity contribution is 7.97. The van der Waals surface area contributed by atoms with E-state index in [1.54, 1.807) is 0 Å². The van der Waals surface area contributed by atoms with E-state index in [-0.39, 0.29) is 5.60 Å². The normalized spacial score (nSPS) is 19.8. The molecule has 0 saturated heterocycles. The summed E-state index contributed by atoms with van der Waals surface area (Å²) in [7, 11) is 2.24. The standard InChI is InChI=1S/C31H37ClN2OS/c1-22(2)18-26-21-34(25-10-6-5-7-11-25)28-20-29(35-31(3)16-8-9-17-31)27(19-30(28)36-33(26)4)23-12-14-24(32)15-13-23/h5-7,10-15,19-20,22,26H,8-9,16-18,21H2,1-4H3/t26-/m1/s1. The molecule has 1 fully saturated rings. The van der Waals surface area contributed by atoms with Crippen LogP contribution in [0.5, 0.6) is 5.75 Å². The summed E-state index contributed by atoms with van der Waals surface area (Å²) in [5, 5.41) is 0.750. The fraction of sp³-hybridized carbons (Fsp3) is 0.419.